The first kappa shape index (κ1) is 15.0. The number of fused-ring (bicyclic) bond motifs is 1. The molecule has 24 heavy (non-hydrogen) atoms. The zero-order valence-electron chi connectivity index (χ0n) is 14.6. The quantitative estimate of drug-likeness (QED) is 0.515. The van der Waals surface area contributed by atoms with E-state index in [4.69, 9.17) is 0 Å². The third-order valence-corrected chi connectivity index (χ3v) is 5.39. The highest BCUT2D eigenvalue weighted by molar-refractivity contribution is 5.94. The minimum atomic E-state index is 1.02. The van der Waals surface area contributed by atoms with E-state index in [2.05, 4.69) is 87.5 Å². The van der Waals surface area contributed by atoms with Crippen LogP contribution in [-0.4, -0.2) is 0 Å². The van der Waals surface area contributed by atoms with Crippen LogP contribution in [0.15, 0.2) is 60.7 Å². The van der Waals surface area contributed by atoms with Gasteiger partial charge in [0.15, 0.2) is 0 Å². The molecule has 0 nitrogen and oxygen atoms in total. The third kappa shape index (κ3) is 2.39. The average Bonchev–Trinajstić information content (AvgIpc) is 3.05. The number of benzene rings is 3. The third-order valence-electron chi connectivity index (χ3n) is 5.39. The Balaban J connectivity index is 1.86. The lowest BCUT2D eigenvalue weighted by Crippen LogP contribution is -1.93. The Morgan fingerprint density at radius 2 is 1.46 bits per heavy atom. The summed E-state index contributed by atoms with van der Waals surface area (Å²) in [5, 5.41) is 0. The lowest BCUT2D eigenvalue weighted by molar-refractivity contribution is 1.26. The molecule has 1 aliphatic rings. The van der Waals surface area contributed by atoms with Crippen molar-refractivity contribution in [3.05, 3.63) is 94.0 Å². The van der Waals surface area contributed by atoms with Gasteiger partial charge in [0.25, 0.3) is 0 Å². The fourth-order valence-electron chi connectivity index (χ4n) is 3.69. The van der Waals surface area contributed by atoms with Gasteiger partial charge in [-0.2, -0.15) is 0 Å². The average molecular weight is 310 g/mol. The molecular weight excluding hydrogens is 288 g/mol. The Morgan fingerprint density at radius 1 is 0.667 bits per heavy atom. The van der Waals surface area contributed by atoms with Gasteiger partial charge in [0.2, 0.25) is 0 Å². The summed E-state index contributed by atoms with van der Waals surface area (Å²) < 4.78 is 0. The molecule has 118 valence electrons. The molecule has 0 fully saturated rings. The summed E-state index contributed by atoms with van der Waals surface area (Å²) in [5.74, 6) is 0. The zero-order valence-corrected chi connectivity index (χ0v) is 14.6. The van der Waals surface area contributed by atoms with Crippen molar-refractivity contribution in [1.82, 2.24) is 0 Å². The van der Waals surface area contributed by atoms with Crippen LogP contribution in [0, 0.1) is 20.8 Å². The van der Waals surface area contributed by atoms with Crippen LogP contribution in [0.25, 0.3) is 22.8 Å². The van der Waals surface area contributed by atoms with Crippen LogP contribution in [0.5, 0.6) is 0 Å². The fourth-order valence-corrected chi connectivity index (χ4v) is 3.69. The topological polar surface area (TPSA) is 0 Å². The van der Waals surface area contributed by atoms with Crippen molar-refractivity contribution < 1.29 is 0 Å². The summed E-state index contributed by atoms with van der Waals surface area (Å²) in [7, 11) is 0. The molecule has 0 saturated heterocycles. The summed E-state index contributed by atoms with van der Waals surface area (Å²) in [6.45, 7) is 6.66. The van der Waals surface area contributed by atoms with Gasteiger partial charge in [-0.05, 0) is 83.3 Å². The maximum Gasteiger partial charge on any atom is -0.00135 e. The van der Waals surface area contributed by atoms with Crippen LogP contribution >= 0.6 is 0 Å². The second kappa shape index (κ2) is 5.79. The molecule has 0 unspecified atom stereocenters. The fraction of sp³-hybridized carbons (Fsp3) is 0.167. The van der Waals surface area contributed by atoms with E-state index in [0.29, 0.717) is 0 Å². The summed E-state index contributed by atoms with van der Waals surface area (Å²) in [4.78, 5) is 0. The molecule has 0 heteroatoms. The highest BCUT2D eigenvalue weighted by Gasteiger charge is 2.18. The molecule has 0 aliphatic heterocycles. The van der Waals surface area contributed by atoms with Gasteiger partial charge < -0.3 is 0 Å². The van der Waals surface area contributed by atoms with Crippen LogP contribution in [0.2, 0.25) is 0 Å². The normalized spacial score (nSPS) is 12.9. The van der Waals surface area contributed by atoms with Crippen LogP contribution in [0.1, 0.15) is 33.4 Å². The first-order valence-corrected chi connectivity index (χ1v) is 8.60. The van der Waals surface area contributed by atoms with Gasteiger partial charge in [0.1, 0.15) is 0 Å². The SMILES string of the molecule is Cc1ccc(-c2cccc3c2C=C(c2ccccc2)C3)c(C)c1C. The van der Waals surface area contributed by atoms with Crippen LogP contribution in [0.3, 0.4) is 0 Å². The number of hydrogen-bond acceptors (Lipinski definition) is 0. The van der Waals surface area contributed by atoms with E-state index in [1.165, 1.54) is 50.1 Å². The molecule has 0 aromatic heterocycles. The standard InChI is InChI=1S/C24H22/c1-16-12-13-22(18(3)17(16)2)23-11-7-10-20-14-21(15-24(20)23)19-8-5-4-6-9-19/h4-13,15H,14H2,1-3H3. The van der Waals surface area contributed by atoms with Crippen molar-refractivity contribution in [3.8, 4) is 11.1 Å². The monoisotopic (exact) mass is 310 g/mol. The molecule has 0 saturated carbocycles. The highest BCUT2D eigenvalue weighted by Crippen LogP contribution is 2.39. The molecule has 0 N–H and O–H groups in total. The van der Waals surface area contributed by atoms with Gasteiger partial charge in [-0.1, -0.05) is 60.7 Å². The van der Waals surface area contributed by atoms with E-state index in [1.54, 1.807) is 0 Å². The van der Waals surface area contributed by atoms with Crippen molar-refractivity contribution in [2.45, 2.75) is 27.2 Å². The number of aryl methyl sites for hydroxylation is 1. The molecule has 0 heterocycles. The summed E-state index contributed by atoms with van der Waals surface area (Å²) in [6.07, 6.45) is 3.41. The summed E-state index contributed by atoms with van der Waals surface area (Å²) >= 11 is 0. The number of hydrogen-bond donors (Lipinski definition) is 0. The maximum absolute atomic E-state index is 2.38. The molecule has 1 aliphatic carbocycles. The van der Waals surface area contributed by atoms with Crippen LogP contribution in [0.4, 0.5) is 0 Å². The van der Waals surface area contributed by atoms with Gasteiger partial charge in [-0.15, -0.1) is 0 Å². The van der Waals surface area contributed by atoms with Crippen molar-refractivity contribution in [1.29, 1.82) is 0 Å². The smallest absolute Gasteiger partial charge is 0.00135 e. The van der Waals surface area contributed by atoms with Gasteiger partial charge in [0.05, 0.1) is 0 Å². The van der Waals surface area contributed by atoms with Crippen molar-refractivity contribution in [2.75, 3.05) is 0 Å². The second-order valence-electron chi connectivity index (χ2n) is 6.77. The molecule has 0 atom stereocenters. The Labute approximate surface area is 144 Å². The molecular formula is C24H22. The first-order valence-electron chi connectivity index (χ1n) is 8.60. The van der Waals surface area contributed by atoms with E-state index in [0.717, 1.165) is 6.42 Å². The van der Waals surface area contributed by atoms with Gasteiger partial charge in [-0.3, -0.25) is 0 Å². The van der Waals surface area contributed by atoms with E-state index in [-0.39, 0.29) is 0 Å². The molecule has 0 bridgehead atoms. The second-order valence-corrected chi connectivity index (χ2v) is 6.77. The molecule has 3 aromatic carbocycles. The van der Waals surface area contributed by atoms with Gasteiger partial charge >= 0.3 is 0 Å². The Morgan fingerprint density at radius 3 is 2.25 bits per heavy atom. The van der Waals surface area contributed by atoms with Crippen molar-refractivity contribution in [2.24, 2.45) is 0 Å². The lowest BCUT2D eigenvalue weighted by Gasteiger charge is -2.14. The predicted octanol–water partition coefficient (Wildman–Crippen LogP) is 6.38. The van der Waals surface area contributed by atoms with Gasteiger partial charge in [0, 0.05) is 0 Å². The number of rotatable bonds is 2. The lowest BCUT2D eigenvalue weighted by atomic mass is 9.90. The predicted molar refractivity (Wildman–Crippen MR) is 104 cm³/mol. The summed E-state index contributed by atoms with van der Waals surface area (Å²) in [5.41, 5.74) is 12.5. The van der Waals surface area contributed by atoms with Gasteiger partial charge in [-0.25, -0.2) is 0 Å². The summed E-state index contributed by atoms with van der Waals surface area (Å²) in [6, 6.07) is 22.0. The zero-order chi connectivity index (χ0) is 16.7. The minimum absolute atomic E-state index is 1.02. The van der Waals surface area contributed by atoms with Crippen molar-refractivity contribution >= 4 is 11.6 Å². The Kier molecular flexibility index (Phi) is 3.61. The van der Waals surface area contributed by atoms with E-state index in [1.807, 2.05) is 0 Å². The molecule has 0 spiro atoms. The van der Waals surface area contributed by atoms with E-state index >= 15 is 0 Å². The Hall–Kier alpha value is -2.60. The number of allylic oxidation sites excluding steroid dienone is 1. The van der Waals surface area contributed by atoms with Crippen LogP contribution in [-0.2, 0) is 6.42 Å². The Bertz CT molecular complexity index is 943. The molecule has 3 aromatic rings. The van der Waals surface area contributed by atoms with Crippen molar-refractivity contribution in [3.63, 3.8) is 0 Å². The molecule has 0 amide bonds. The highest BCUT2D eigenvalue weighted by atomic mass is 14.2. The van der Waals surface area contributed by atoms with E-state index in [9.17, 15) is 0 Å². The molecule has 4 rings (SSSR count). The maximum atomic E-state index is 2.38. The van der Waals surface area contributed by atoms with E-state index < -0.39 is 0 Å². The van der Waals surface area contributed by atoms with Crippen LogP contribution < -0.4 is 0 Å². The molecule has 0 radical (unpaired) electrons. The largest absolute Gasteiger partial charge is 0.0622 e. The first-order chi connectivity index (χ1) is 11.6. The minimum Gasteiger partial charge on any atom is -0.0622 e.